The Hall–Kier alpha value is -2.77. The molecular weight excluding hydrogens is 408 g/mol. The highest BCUT2D eigenvalue weighted by atomic mass is 35.5. The predicted octanol–water partition coefficient (Wildman–Crippen LogP) is 4.98. The van der Waals surface area contributed by atoms with Gasteiger partial charge in [0.05, 0.1) is 16.8 Å². The Morgan fingerprint density at radius 2 is 1.93 bits per heavy atom. The Morgan fingerprint density at radius 3 is 2.72 bits per heavy atom. The number of hydrogen-bond donors (Lipinski definition) is 0. The van der Waals surface area contributed by atoms with Crippen molar-refractivity contribution in [2.45, 2.75) is 25.8 Å². The summed E-state index contributed by atoms with van der Waals surface area (Å²) in [5.41, 5.74) is 1.82. The van der Waals surface area contributed by atoms with E-state index in [-0.39, 0.29) is 5.91 Å². The topological polar surface area (TPSA) is 72.1 Å². The van der Waals surface area contributed by atoms with Crippen molar-refractivity contribution in [3.63, 3.8) is 0 Å². The van der Waals surface area contributed by atoms with E-state index in [4.69, 9.17) is 16.1 Å². The fourth-order valence-electron chi connectivity index (χ4n) is 2.93. The molecule has 1 amide bonds. The molecule has 2 aromatic heterocycles. The van der Waals surface area contributed by atoms with E-state index in [0.717, 1.165) is 20.8 Å². The maximum atomic E-state index is 12.4. The van der Waals surface area contributed by atoms with Crippen molar-refractivity contribution in [3.8, 4) is 11.4 Å². The van der Waals surface area contributed by atoms with Crippen LogP contribution in [-0.2, 0) is 17.8 Å². The zero-order valence-corrected chi connectivity index (χ0v) is 17.4. The lowest BCUT2D eigenvalue weighted by Gasteiger charge is -2.15. The van der Waals surface area contributed by atoms with Crippen LogP contribution < -0.4 is 0 Å². The maximum Gasteiger partial charge on any atom is 0.226 e. The summed E-state index contributed by atoms with van der Waals surface area (Å²) in [6.45, 7) is 0.513. The van der Waals surface area contributed by atoms with Crippen molar-refractivity contribution in [2.24, 2.45) is 0 Å². The highest BCUT2D eigenvalue weighted by molar-refractivity contribution is 7.18. The Balaban J connectivity index is 1.27. The average molecular weight is 427 g/mol. The van der Waals surface area contributed by atoms with Gasteiger partial charge in [0.25, 0.3) is 0 Å². The largest absolute Gasteiger partial charge is 0.339 e. The standard InChI is InChI=1S/C21H19ClN4O2S/c1-26(13-19-23-16-5-2-3-6-17(16)29-19)20(27)8-4-7-18-24-21(25-28-18)14-9-11-15(22)12-10-14/h2-3,5-6,9-12H,4,7-8,13H2,1H3. The molecule has 0 aliphatic rings. The molecule has 0 aliphatic heterocycles. The summed E-state index contributed by atoms with van der Waals surface area (Å²) in [5, 5.41) is 5.59. The molecule has 6 nitrogen and oxygen atoms in total. The van der Waals surface area contributed by atoms with Gasteiger partial charge in [-0.1, -0.05) is 28.9 Å². The number of hydrogen-bond acceptors (Lipinski definition) is 6. The fourth-order valence-corrected chi connectivity index (χ4v) is 4.08. The van der Waals surface area contributed by atoms with Crippen molar-refractivity contribution < 1.29 is 9.32 Å². The Bertz CT molecular complexity index is 1090. The van der Waals surface area contributed by atoms with Crippen LogP contribution in [0.5, 0.6) is 0 Å². The molecule has 2 heterocycles. The lowest BCUT2D eigenvalue weighted by molar-refractivity contribution is -0.130. The molecule has 0 fully saturated rings. The van der Waals surface area contributed by atoms with Gasteiger partial charge in [0.1, 0.15) is 5.01 Å². The molecule has 2 aromatic carbocycles. The van der Waals surface area contributed by atoms with Crippen molar-refractivity contribution in [2.75, 3.05) is 7.05 Å². The Labute approximate surface area is 177 Å². The summed E-state index contributed by atoms with van der Waals surface area (Å²) >= 11 is 7.51. The van der Waals surface area contributed by atoms with E-state index in [0.29, 0.717) is 42.5 Å². The van der Waals surface area contributed by atoms with Crippen LogP contribution in [0.25, 0.3) is 21.6 Å². The predicted molar refractivity (Wildman–Crippen MR) is 114 cm³/mol. The lowest BCUT2D eigenvalue weighted by Crippen LogP contribution is -2.25. The van der Waals surface area contributed by atoms with Gasteiger partial charge in [-0.25, -0.2) is 4.98 Å². The summed E-state index contributed by atoms with van der Waals surface area (Å²) < 4.78 is 6.43. The molecule has 0 radical (unpaired) electrons. The summed E-state index contributed by atoms with van der Waals surface area (Å²) in [6, 6.07) is 15.3. The minimum absolute atomic E-state index is 0.0710. The number of halogens is 1. The molecule has 8 heteroatoms. The van der Waals surface area contributed by atoms with E-state index in [1.54, 1.807) is 35.4 Å². The lowest BCUT2D eigenvalue weighted by atomic mass is 10.2. The van der Waals surface area contributed by atoms with Crippen LogP contribution in [0, 0.1) is 0 Å². The van der Waals surface area contributed by atoms with Gasteiger partial charge < -0.3 is 9.42 Å². The first kappa shape index (κ1) is 19.5. The molecule has 0 spiro atoms. The van der Waals surface area contributed by atoms with Crippen LogP contribution in [-0.4, -0.2) is 33.0 Å². The van der Waals surface area contributed by atoms with Crippen LogP contribution in [0.3, 0.4) is 0 Å². The van der Waals surface area contributed by atoms with Crippen LogP contribution in [0.2, 0.25) is 5.02 Å². The summed E-state index contributed by atoms with van der Waals surface area (Å²) in [6.07, 6.45) is 1.62. The first-order valence-corrected chi connectivity index (χ1v) is 10.4. The minimum atomic E-state index is 0.0710. The van der Waals surface area contributed by atoms with E-state index in [2.05, 4.69) is 15.1 Å². The number of rotatable bonds is 7. The number of carbonyl (C=O) groups is 1. The first-order chi connectivity index (χ1) is 14.1. The van der Waals surface area contributed by atoms with Gasteiger partial charge in [-0.3, -0.25) is 4.79 Å². The highest BCUT2D eigenvalue weighted by Crippen LogP contribution is 2.23. The molecule has 4 rings (SSSR count). The number of nitrogens with zero attached hydrogens (tertiary/aromatic N) is 4. The summed E-state index contributed by atoms with van der Waals surface area (Å²) in [7, 11) is 1.81. The second-order valence-corrected chi connectivity index (χ2v) is 8.25. The van der Waals surface area contributed by atoms with Crippen molar-refractivity contribution >= 4 is 39.1 Å². The number of benzene rings is 2. The zero-order valence-electron chi connectivity index (χ0n) is 15.8. The number of amides is 1. The SMILES string of the molecule is CN(Cc1nc2ccccc2s1)C(=O)CCCc1nc(-c2ccc(Cl)cc2)no1. The number of aryl methyl sites for hydroxylation is 1. The van der Waals surface area contributed by atoms with Gasteiger partial charge in [-0.05, 0) is 42.8 Å². The third-order valence-electron chi connectivity index (χ3n) is 4.49. The third-order valence-corrected chi connectivity index (χ3v) is 5.76. The fraction of sp³-hybridized carbons (Fsp3) is 0.238. The van der Waals surface area contributed by atoms with Gasteiger partial charge >= 0.3 is 0 Å². The molecule has 4 aromatic rings. The van der Waals surface area contributed by atoms with Crippen molar-refractivity contribution in [3.05, 3.63) is 64.5 Å². The van der Waals surface area contributed by atoms with Gasteiger partial charge in [-0.15, -0.1) is 11.3 Å². The molecular formula is C21H19ClN4O2S. The highest BCUT2D eigenvalue weighted by Gasteiger charge is 2.14. The van der Waals surface area contributed by atoms with Gasteiger partial charge in [0.2, 0.25) is 17.6 Å². The maximum absolute atomic E-state index is 12.4. The van der Waals surface area contributed by atoms with Crippen LogP contribution in [0.4, 0.5) is 0 Å². The monoisotopic (exact) mass is 426 g/mol. The van der Waals surface area contributed by atoms with E-state index in [1.807, 2.05) is 36.4 Å². The van der Waals surface area contributed by atoms with E-state index in [1.165, 1.54) is 0 Å². The summed E-state index contributed by atoms with van der Waals surface area (Å²) in [4.78, 5) is 23.1. The molecule has 0 aliphatic carbocycles. The van der Waals surface area contributed by atoms with Crippen molar-refractivity contribution in [1.82, 2.24) is 20.0 Å². The van der Waals surface area contributed by atoms with E-state index in [9.17, 15) is 4.79 Å². The van der Waals surface area contributed by atoms with Crippen molar-refractivity contribution in [1.29, 1.82) is 0 Å². The number of thiazole rings is 1. The van der Waals surface area contributed by atoms with Gasteiger partial charge in [0.15, 0.2) is 0 Å². The second kappa shape index (κ2) is 8.71. The van der Waals surface area contributed by atoms with Crippen LogP contribution in [0.1, 0.15) is 23.7 Å². The quantitative estimate of drug-likeness (QED) is 0.416. The number of carbonyl (C=O) groups excluding carboxylic acids is 1. The minimum Gasteiger partial charge on any atom is -0.339 e. The molecule has 0 N–H and O–H groups in total. The zero-order chi connectivity index (χ0) is 20.2. The van der Waals surface area contributed by atoms with E-state index >= 15 is 0 Å². The molecule has 0 saturated heterocycles. The third kappa shape index (κ3) is 4.81. The van der Waals surface area contributed by atoms with Gasteiger partial charge in [-0.2, -0.15) is 4.98 Å². The number of para-hydroxylation sites is 1. The molecule has 0 atom stereocenters. The molecule has 29 heavy (non-hydrogen) atoms. The van der Waals surface area contributed by atoms with E-state index < -0.39 is 0 Å². The molecule has 0 unspecified atom stereocenters. The first-order valence-electron chi connectivity index (χ1n) is 9.25. The summed E-state index contributed by atoms with van der Waals surface area (Å²) in [5.74, 6) is 1.12. The molecule has 148 valence electrons. The molecule has 0 saturated carbocycles. The Kier molecular flexibility index (Phi) is 5.87. The number of fused-ring (bicyclic) bond motifs is 1. The van der Waals surface area contributed by atoms with Gasteiger partial charge in [0, 0.05) is 30.5 Å². The Morgan fingerprint density at radius 1 is 1.14 bits per heavy atom. The average Bonchev–Trinajstić information content (AvgIpc) is 3.35. The van der Waals surface area contributed by atoms with Crippen LogP contribution >= 0.6 is 22.9 Å². The molecule has 0 bridgehead atoms. The number of aromatic nitrogens is 3. The second-order valence-electron chi connectivity index (χ2n) is 6.70. The van der Waals surface area contributed by atoms with Crippen LogP contribution in [0.15, 0.2) is 53.1 Å². The smallest absolute Gasteiger partial charge is 0.226 e. The normalized spacial score (nSPS) is 11.1.